The van der Waals surface area contributed by atoms with E-state index in [0.29, 0.717) is 22.7 Å². The zero-order valence-electron chi connectivity index (χ0n) is 15.4. The summed E-state index contributed by atoms with van der Waals surface area (Å²) in [6.07, 6.45) is 3.16. The number of nitrogens with zero attached hydrogens (tertiary/aromatic N) is 4. The second-order valence-electron chi connectivity index (χ2n) is 6.22. The van der Waals surface area contributed by atoms with Crippen LogP contribution in [0.15, 0.2) is 84.0 Å². The van der Waals surface area contributed by atoms with Crippen LogP contribution in [0.25, 0.3) is 5.65 Å². The number of carbonyl (C=O) groups excluding carboxylic acids is 1. The zero-order valence-corrected chi connectivity index (χ0v) is 16.2. The highest BCUT2D eigenvalue weighted by Crippen LogP contribution is 2.22. The first kappa shape index (κ1) is 18.6. The Kier molecular flexibility index (Phi) is 4.73. The molecule has 146 valence electrons. The van der Waals surface area contributed by atoms with Gasteiger partial charge in [-0.2, -0.15) is 9.61 Å². The van der Waals surface area contributed by atoms with Crippen molar-refractivity contribution in [2.24, 2.45) is 0 Å². The summed E-state index contributed by atoms with van der Waals surface area (Å²) in [6.45, 7) is 0. The molecule has 0 radical (unpaired) electrons. The quantitative estimate of drug-likeness (QED) is 0.549. The molecule has 8 nitrogen and oxygen atoms in total. The van der Waals surface area contributed by atoms with Crippen molar-refractivity contribution in [1.82, 2.24) is 14.6 Å². The van der Waals surface area contributed by atoms with E-state index in [2.05, 4.69) is 15.4 Å². The highest BCUT2D eigenvalue weighted by Gasteiger charge is 2.21. The number of hydrogen-bond acceptors (Lipinski definition) is 5. The molecule has 0 atom stereocenters. The van der Waals surface area contributed by atoms with Crippen LogP contribution in [0, 0.1) is 0 Å². The van der Waals surface area contributed by atoms with E-state index >= 15 is 0 Å². The van der Waals surface area contributed by atoms with E-state index in [1.807, 2.05) is 6.07 Å². The molecule has 0 aliphatic heterocycles. The molecule has 29 heavy (non-hydrogen) atoms. The van der Waals surface area contributed by atoms with Gasteiger partial charge in [0.15, 0.2) is 5.65 Å². The summed E-state index contributed by atoms with van der Waals surface area (Å²) in [6, 6.07) is 17.9. The van der Waals surface area contributed by atoms with Crippen LogP contribution in [0.4, 0.5) is 11.5 Å². The van der Waals surface area contributed by atoms with E-state index in [-0.39, 0.29) is 10.8 Å². The first-order chi connectivity index (χ1) is 14.0. The third-order valence-corrected chi connectivity index (χ3v) is 6.23. The minimum absolute atomic E-state index is 0.0961. The number of aromatic nitrogens is 3. The van der Waals surface area contributed by atoms with E-state index in [1.165, 1.54) is 40.1 Å². The number of hydrogen-bond donors (Lipinski definition) is 1. The average molecular weight is 407 g/mol. The van der Waals surface area contributed by atoms with Gasteiger partial charge in [-0.25, -0.2) is 13.4 Å². The van der Waals surface area contributed by atoms with Crippen molar-refractivity contribution in [2.75, 3.05) is 16.7 Å². The van der Waals surface area contributed by atoms with E-state index in [4.69, 9.17) is 0 Å². The van der Waals surface area contributed by atoms with Crippen LogP contribution in [0.3, 0.4) is 0 Å². The van der Waals surface area contributed by atoms with Crippen LogP contribution in [-0.2, 0) is 10.0 Å². The Hall–Kier alpha value is -3.72. The highest BCUT2D eigenvalue weighted by molar-refractivity contribution is 7.92. The van der Waals surface area contributed by atoms with Gasteiger partial charge in [0.25, 0.3) is 15.9 Å². The number of para-hydroxylation sites is 1. The number of anilines is 2. The fourth-order valence-corrected chi connectivity index (χ4v) is 4.03. The molecular weight excluding hydrogens is 390 g/mol. The number of amides is 1. The molecule has 4 rings (SSSR count). The largest absolute Gasteiger partial charge is 0.306 e. The van der Waals surface area contributed by atoms with Crippen LogP contribution in [0.2, 0.25) is 0 Å². The van der Waals surface area contributed by atoms with Crippen LogP contribution in [-0.4, -0.2) is 36.0 Å². The minimum atomic E-state index is -3.74. The maximum absolute atomic E-state index is 12.8. The Morgan fingerprint density at radius 2 is 1.69 bits per heavy atom. The first-order valence-electron chi connectivity index (χ1n) is 8.71. The van der Waals surface area contributed by atoms with Gasteiger partial charge in [-0.15, -0.1) is 0 Å². The monoisotopic (exact) mass is 407 g/mol. The van der Waals surface area contributed by atoms with Gasteiger partial charge in [-0.05, 0) is 42.5 Å². The van der Waals surface area contributed by atoms with Crippen LogP contribution in [0.1, 0.15) is 10.4 Å². The molecule has 0 spiro atoms. The highest BCUT2D eigenvalue weighted by atomic mass is 32.2. The van der Waals surface area contributed by atoms with Crippen molar-refractivity contribution in [3.05, 3.63) is 84.7 Å². The smallest absolute Gasteiger partial charge is 0.264 e. The topological polar surface area (TPSA) is 96.7 Å². The lowest BCUT2D eigenvalue weighted by Crippen LogP contribution is -2.26. The van der Waals surface area contributed by atoms with Gasteiger partial charge >= 0.3 is 0 Å². The van der Waals surface area contributed by atoms with Gasteiger partial charge in [0.05, 0.1) is 16.8 Å². The zero-order chi connectivity index (χ0) is 20.4. The number of benzene rings is 2. The van der Waals surface area contributed by atoms with Gasteiger partial charge in [-0.3, -0.25) is 9.10 Å². The van der Waals surface area contributed by atoms with Gasteiger partial charge in [0, 0.05) is 24.9 Å². The lowest BCUT2D eigenvalue weighted by molar-refractivity contribution is 0.102. The molecular formula is C20H17N5O3S. The second-order valence-corrected chi connectivity index (χ2v) is 8.19. The number of fused-ring (bicyclic) bond motifs is 1. The van der Waals surface area contributed by atoms with Gasteiger partial charge in [-0.1, -0.05) is 18.2 Å². The molecule has 2 aromatic heterocycles. The Morgan fingerprint density at radius 3 is 2.41 bits per heavy atom. The van der Waals surface area contributed by atoms with Crippen LogP contribution in [0.5, 0.6) is 0 Å². The predicted molar refractivity (Wildman–Crippen MR) is 109 cm³/mol. The molecule has 0 aliphatic carbocycles. The third-order valence-electron chi connectivity index (χ3n) is 4.43. The van der Waals surface area contributed by atoms with Crippen LogP contribution >= 0.6 is 0 Å². The van der Waals surface area contributed by atoms with Crippen LogP contribution < -0.4 is 9.62 Å². The third kappa shape index (κ3) is 3.55. The number of nitrogens with one attached hydrogen (secondary N) is 1. The van der Waals surface area contributed by atoms with Crippen molar-refractivity contribution in [1.29, 1.82) is 0 Å². The Bertz CT molecular complexity index is 1270. The number of sulfonamides is 1. The molecule has 1 amide bonds. The molecule has 0 saturated carbocycles. The normalized spacial score (nSPS) is 11.3. The van der Waals surface area contributed by atoms with Crippen molar-refractivity contribution in [2.45, 2.75) is 4.90 Å². The molecule has 9 heteroatoms. The summed E-state index contributed by atoms with van der Waals surface area (Å²) in [4.78, 5) is 16.8. The summed E-state index contributed by atoms with van der Waals surface area (Å²) < 4.78 is 28.4. The van der Waals surface area contributed by atoms with Crippen molar-refractivity contribution >= 4 is 33.1 Å². The fourth-order valence-electron chi connectivity index (χ4n) is 2.83. The molecule has 0 bridgehead atoms. The number of carbonyl (C=O) groups is 1. The molecule has 4 aromatic rings. The van der Waals surface area contributed by atoms with Crippen molar-refractivity contribution < 1.29 is 13.2 Å². The van der Waals surface area contributed by atoms with Crippen molar-refractivity contribution in [3.8, 4) is 0 Å². The van der Waals surface area contributed by atoms with Gasteiger partial charge < -0.3 is 5.32 Å². The fraction of sp³-hybridized carbons (Fsp3) is 0.0500. The van der Waals surface area contributed by atoms with E-state index < -0.39 is 10.0 Å². The molecule has 0 unspecified atom stereocenters. The molecule has 0 fully saturated rings. The number of rotatable bonds is 5. The molecule has 0 saturated heterocycles. The summed E-state index contributed by atoms with van der Waals surface area (Å²) in [5.74, 6) is 0.0823. The first-order valence-corrected chi connectivity index (χ1v) is 10.1. The molecule has 0 aliphatic rings. The molecule has 2 aromatic carbocycles. The Balaban J connectivity index is 1.56. The lowest BCUT2D eigenvalue weighted by atomic mass is 10.2. The summed E-state index contributed by atoms with van der Waals surface area (Å²) in [7, 11) is -2.25. The Labute approximate surface area is 167 Å². The maximum Gasteiger partial charge on any atom is 0.264 e. The Morgan fingerprint density at radius 1 is 0.966 bits per heavy atom. The minimum Gasteiger partial charge on any atom is -0.306 e. The standard InChI is InChI=1S/C20H17N5O3S/c1-24(16-5-3-2-4-6-16)29(27,28)17-9-7-15(8-10-17)20(26)23-19-11-13-21-18-12-14-22-25(18)19/h2-14H,1H3,(H,23,26). The molecule has 2 heterocycles. The summed E-state index contributed by atoms with van der Waals surface area (Å²) >= 11 is 0. The van der Waals surface area contributed by atoms with E-state index in [0.717, 1.165) is 0 Å². The van der Waals surface area contributed by atoms with Gasteiger partial charge in [0.1, 0.15) is 5.82 Å². The SMILES string of the molecule is CN(c1ccccc1)S(=O)(=O)c1ccc(C(=O)Nc2ccnc3ccnn23)cc1. The molecule has 1 N–H and O–H groups in total. The average Bonchev–Trinajstić information content (AvgIpc) is 3.24. The second kappa shape index (κ2) is 7.36. The lowest BCUT2D eigenvalue weighted by Gasteiger charge is -2.19. The predicted octanol–water partition coefficient (Wildman–Crippen LogP) is 2.81. The summed E-state index contributed by atoms with van der Waals surface area (Å²) in [5.41, 5.74) is 1.48. The summed E-state index contributed by atoms with van der Waals surface area (Å²) in [5, 5.41) is 6.87. The van der Waals surface area contributed by atoms with Crippen molar-refractivity contribution in [3.63, 3.8) is 0 Å². The maximum atomic E-state index is 12.8. The van der Waals surface area contributed by atoms with E-state index in [9.17, 15) is 13.2 Å². The van der Waals surface area contributed by atoms with E-state index in [1.54, 1.807) is 48.8 Å². The van der Waals surface area contributed by atoms with Gasteiger partial charge in [0.2, 0.25) is 0 Å².